The lowest BCUT2D eigenvalue weighted by Gasteiger charge is -2.05. The van der Waals surface area contributed by atoms with Gasteiger partial charge in [0, 0.05) is 23.0 Å². The van der Waals surface area contributed by atoms with Crippen molar-refractivity contribution in [2.45, 2.75) is 6.29 Å². The third-order valence-electron chi connectivity index (χ3n) is 3.36. The Morgan fingerprint density at radius 1 is 1.00 bits per heavy atom. The number of hydrogen-bond acceptors (Lipinski definition) is 3. The number of rotatable bonds is 1. The summed E-state index contributed by atoms with van der Waals surface area (Å²) in [5.74, 6) is -0.0502. The number of nitrogens with zero attached hydrogens (tertiary/aromatic N) is 1. The number of fused-ring (bicyclic) bond motifs is 2. The van der Waals surface area contributed by atoms with Gasteiger partial charge in [-0.15, -0.1) is 8.78 Å². The molecule has 1 aliphatic heterocycles. The zero-order valence-corrected chi connectivity index (χ0v) is 10.6. The number of halogens is 2. The van der Waals surface area contributed by atoms with E-state index < -0.39 is 6.29 Å². The standard InChI is InChI=1S/C15H9F2NO3/c16-15(17)20-12-6-5-10(7-13(12)21-15)18-8-9-3-1-2-4-11(9)14(18)19/h1-8,19H. The number of aromatic hydroxyl groups is 1. The van der Waals surface area contributed by atoms with Gasteiger partial charge < -0.3 is 14.6 Å². The van der Waals surface area contributed by atoms with Gasteiger partial charge in [0.2, 0.25) is 5.88 Å². The molecule has 3 aromatic rings. The van der Waals surface area contributed by atoms with Gasteiger partial charge in [0.05, 0.1) is 5.69 Å². The summed E-state index contributed by atoms with van der Waals surface area (Å²) >= 11 is 0. The van der Waals surface area contributed by atoms with Crippen LogP contribution in [0.3, 0.4) is 0 Å². The summed E-state index contributed by atoms with van der Waals surface area (Å²) in [6.07, 6.45) is -1.93. The summed E-state index contributed by atoms with van der Waals surface area (Å²) in [7, 11) is 0. The molecule has 0 aliphatic carbocycles. The van der Waals surface area contributed by atoms with Crippen LogP contribution in [0.25, 0.3) is 16.5 Å². The van der Waals surface area contributed by atoms with Crippen molar-refractivity contribution < 1.29 is 23.4 Å². The van der Waals surface area contributed by atoms with Crippen LogP contribution in [0.1, 0.15) is 0 Å². The van der Waals surface area contributed by atoms with Crippen LogP contribution < -0.4 is 9.47 Å². The molecule has 1 aromatic heterocycles. The number of aromatic nitrogens is 1. The maximum atomic E-state index is 13.0. The van der Waals surface area contributed by atoms with E-state index in [1.54, 1.807) is 18.3 Å². The normalized spacial score (nSPS) is 15.5. The van der Waals surface area contributed by atoms with Gasteiger partial charge in [-0.05, 0) is 18.2 Å². The van der Waals surface area contributed by atoms with Crippen molar-refractivity contribution >= 4 is 10.8 Å². The van der Waals surface area contributed by atoms with Gasteiger partial charge in [-0.2, -0.15) is 0 Å². The molecule has 4 rings (SSSR count). The van der Waals surface area contributed by atoms with E-state index in [4.69, 9.17) is 0 Å². The minimum Gasteiger partial charge on any atom is -0.494 e. The Morgan fingerprint density at radius 3 is 2.57 bits per heavy atom. The summed E-state index contributed by atoms with van der Waals surface area (Å²) in [5.41, 5.74) is 0.503. The minimum absolute atomic E-state index is 0.0278. The van der Waals surface area contributed by atoms with E-state index in [0.29, 0.717) is 11.1 Å². The lowest BCUT2D eigenvalue weighted by molar-refractivity contribution is -0.286. The van der Waals surface area contributed by atoms with Crippen molar-refractivity contribution in [2.24, 2.45) is 0 Å². The molecule has 106 valence electrons. The first-order valence-electron chi connectivity index (χ1n) is 6.23. The molecule has 0 bridgehead atoms. The largest absolute Gasteiger partial charge is 0.586 e. The lowest BCUT2D eigenvalue weighted by atomic mass is 10.2. The van der Waals surface area contributed by atoms with E-state index in [1.807, 2.05) is 18.2 Å². The minimum atomic E-state index is -3.65. The zero-order chi connectivity index (χ0) is 14.6. The molecule has 0 amide bonds. The zero-order valence-electron chi connectivity index (χ0n) is 10.6. The van der Waals surface area contributed by atoms with E-state index in [9.17, 15) is 13.9 Å². The fourth-order valence-corrected chi connectivity index (χ4v) is 2.43. The molecular formula is C15H9F2NO3. The number of alkyl halides is 2. The van der Waals surface area contributed by atoms with Crippen molar-refractivity contribution in [1.82, 2.24) is 4.57 Å². The summed E-state index contributed by atoms with van der Waals surface area (Å²) in [4.78, 5) is 0. The van der Waals surface area contributed by atoms with E-state index in [0.717, 1.165) is 5.39 Å². The Morgan fingerprint density at radius 2 is 1.76 bits per heavy atom. The van der Waals surface area contributed by atoms with Crippen LogP contribution in [-0.2, 0) is 0 Å². The molecule has 1 N–H and O–H groups in total. The Hall–Kier alpha value is -2.76. The Bertz CT molecular complexity index is 857. The highest BCUT2D eigenvalue weighted by Gasteiger charge is 2.43. The maximum Gasteiger partial charge on any atom is 0.586 e. The molecule has 0 fully saturated rings. The highest BCUT2D eigenvalue weighted by Crippen LogP contribution is 2.42. The van der Waals surface area contributed by atoms with Crippen LogP contribution >= 0.6 is 0 Å². The van der Waals surface area contributed by atoms with Gasteiger partial charge in [0.25, 0.3) is 0 Å². The van der Waals surface area contributed by atoms with Crippen LogP contribution in [0.15, 0.2) is 48.7 Å². The van der Waals surface area contributed by atoms with Gasteiger partial charge in [-0.25, -0.2) is 0 Å². The summed E-state index contributed by atoms with van der Waals surface area (Å²) in [6.45, 7) is 0. The van der Waals surface area contributed by atoms with Gasteiger partial charge in [0.1, 0.15) is 0 Å². The van der Waals surface area contributed by atoms with Crippen molar-refractivity contribution in [3.8, 4) is 23.1 Å². The predicted octanol–water partition coefficient (Wildman–Crippen LogP) is 3.66. The lowest BCUT2D eigenvalue weighted by Crippen LogP contribution is -2.25. The van der Waals surface area contributed by atoms with Crippen molar-refractivity contribution in [1.29, 1.82) is 0 Å². The number of hydrogen-bond donors (Lipinski definition) is 1. The second kappa shape index (κ2) is 3.88. The van der Waals surface area contributed by atoms with Gasteiger partial charge >= 0.3 is 6.29 Å². The predicted molar refractivity (Wildman–Crippen MR) is 71.1 cm³/mol. The van der Waals surface area contributed by atoms with Gasteiger partial charge in [-0.1, -0.05) is 18.2 Å². The molecule has 21 heavy (non-hydrogen) atoms. The van der Waals surface area contributed by atoms with Crippen molar-refractivity contribution in [3.63, 3.8) is 0 Å². The number of ether oxygens (including phenoxy) is 2. The molecule has 2 aromatic carbocycles. The average molecular weight is 289 g/mol. The summed E-state index contributed by atoms with van der Waals surface area (Å²) in [5, 5.41) is 11.8. The maximum absolute atomic E-state index is 13.0. The monoisotopic (exact) mass is 289 g/mol. The van der Waals surface area contributed by atoms with Crippen molar-refractivity contribution in [2.75, 3.05) is 0 Å². The highest BCUT2D eigenvalue weighted by atomic mass is 19.3. The van der Waals surface area contributed by atoms with Crippen LogP contribution in [-0.4, -0.2) is 16.0 Å². The molecule has 0 saturated heterocycles. The number of benzene rings is 2. The average Bonchev–Trinajstić information content (AvgIpc) is 2.94. The van der Waals surface area contributed by atoms with E-state index in [2.05, 4.69) is 9.47 Å². The van der Waals surface area contributed by atoms with Crippen LogP contribution in [0.5, 0.6) is 17.4 Å². The second-order valence-corrected chi connectivity index (χ2v) is 4.71. The molecular weight excluding hydrogens is 280 g/mol. The van der Waals surface area contributed by atoms with Crippen LogP contribution in [0.4, 0.5) is 8.78 Å². The summed E-state index contributed by atoms with van der Waals surface area (Å²) < 4.78 is 36.3. The van der Waals surface area contributed by atoms with Gasteiger partial charge in [-0.3, -0.25) is 4.57 Å². The molecule has 0 spiro atoms. The fraction of sp³-hybridized carbons (Fsp3) is 0.0667. The van der Waals surface area contributed by atoms with E-state index >= 15 is 0 Å². The third kappa shape index (κ3) is 1.79. The first-order valence-corrected chi connectivity index (χ1v) is 6.23. The molecule has 0 saturated carbocycles. The van der Waals surface area contributed by atoms with Crippen molar-refractivity contribution in [3.05, 3.63) is 48.7 Å². The Balaban J connectivity index is 1.85. The van der Waals surface area contributed by atoms with Gasteiger partial charge in [0.15, 0.2) is 11.5 Å². The Labute approximate surface area is 117 Å². The molecule has 2 heterocycles. The molecule has 4 nitrogen and oxygen atoms in total. The SMILES string of the molecule is Oc1c2ccccc2cn1-c1ccc2c(c1)OC(F)(F)O2. The third-order valence-corrected chi connectivity index (χ3v) is 3.36. The first-order chi connectivity index (χ1) is 10.0. The van der Waals surface area contributed by atoms with E-state index in [1.165, 1.54) is 16.7 Å². The second-order valence-electron chi connectivity index (χ2n) is 4.71. The smallest absolute Gasteiger partial charge is 0.494 e. The van der Waals surface area contributed by atoms with E-state index in [-0.39, 0.29) is 17.4 Å². The molecule has 0 unspecified atom stereocenters. The topological polar surface area (TPSA) is 43.6 Å². The Kier molecular flexibility index (Phi) is 2.22. The summed E-state index contributed by atoms with van der Waals surface area (Å²) in [6, 6.07) is 11.7. The fourth-order valence-electron chi connectivity index (χ4n) is 2.43. The molecule has 0 atom stereocenters. The first kappa shape index (κ1) is 12.0. The molecule has 0 radical (unpaired) electrons. The molecule has 1 aliphatic rings. The van der Waals surface area contributed by atoms with Crippen LogP contribution in [0, 0.1) is 0 Å². The quantitative estimate of drug-likeness (QED) is 0.743. The highest BCUT2D eigenvalue weighted by molar-refractivity contribution is 5.88. The molecule has 6 heteroatoms. The van der Waals surface area contributed by atoms with Crippen LogP contribution in [0.2, 0.25) is 0 Å².